The van der Waals surface area contributed by atoms with Crippen LogP contribution < -0.4 is 0 Å². The zero-order chi connectivity index (χ0) is 19.2. The van der Waals surface area contributed by atoms with Crippen LogP contribution in [0.2, 0.25) is 0 Å². The van der Waals surface area contributed by atoms with Gasteiger partial charge in [-0.15, -0.1) is 0 Å². The van der Waals surface area contributed by atoms with Crippen molar-refractivity contribution in [2.75, 3.05) is 0 Å². The van der Waals surface area contributed by atoms with E-state index in [0.29, 0.717) is 25.0 Å². The molecule has 0 bridgehead atoms. The van der Waals surface area contributed by atoms with Gasteiger partial charge in [0.1, 0.15) is 11.1 Å². The fourth-order valence-electron chi connectivity index (χ4n) is 2.48. The lowest BCUT2D eigenvalue weighted by molar-refractivity contribution is -0.385. The molecule has 11 heteroatoms. The van der Waals surface area contributed by atoms with E-state index in [4.69, 9.17) is 9.63 Å². The van der Waals surface area contributed by atoms with Gasteiger partial charge in [0, 0.05) is 12.0 Å². The van der Waals surface area contributed by atoms with Gasteiger partial charge >= 0.3 is 12.1 Å². The summed E-state index contributed by atoms with van der Waals surface area (Å²) in [5, 5.41) is 23.6. The highest BCUT2D eigenvalue weighted by Crippen LogP contribution is 2.43. The highest BCUT2D eigenvalue weighted by Gasteiger charge is 2.40. The number of nitro groups is 1. The molecule has 3 rings (SSSR count). The van der Waals surface area contributed by atoms with Crippen LogP contribution >= 0.6 is 0 Å². The Labute approximate surface area is 142 Å². The molecule has 1 heterocycles. The van der Waals surface area contributed by atoms with E-state index in [1.165, 1.54) is 0 Å². The second kappa shape index (κ2) is 5.93. The number of ketones is 1. The van der Waals surface area contributed by atoms with Crippen LogP contribution in [0.3, 0.4) is 0 Å². The van der Waals surface area contributed by atoms with Gasteiger partial charge in [0.15, 0.2) is 5.76 Å². The van der Waals surface area contributed by atoms with E-state index in [1.54, 1.807) is 0 Å². The van der Waals surface area contributed by atoms with Crippen LogP contribution in [-0.2, 0) is 6.18 Å². The fraction of sp³-hybridized carbons (Fsp3) is 0.267. The van der Waals surface area contributed by atoms with Crippen molar-refractivity contribution < 1.29 is 37.3 Å². The third kappa shape index (κ3) is 3.03. The average Bonchev–Trinajstić information content (AvgIpc) is 3.30. The number of aromatic carboxylic acids is 1. The number of carboxylic acids is 1. The quantitative estimate of drug-likeness (QED) is 0.486. The van der Waals surface area contributed by atoms with Gasteiger partial charge in [0.25, 0.3) is 5.69 Å². The smallest absolute Gasteiger partial charge is 0.416 e. The summed E-state index contributed by atoms with van der Waals surface area (Å²) in [6.45, 7) is 0. The molecule has 0 amide bonds. The highest BCUT2D eigenvalue weighted by atomic mass is 19.4. The minimum Gasteiger partial charge on any atom is -0.476 e. The van der Waals surface area contributed by atoms with Gasteiger partial charge in [0.05, 0.1) is 10.5 Å². The van der Waals surface area contributed by atoms with Crippen molar-refractivity contribution in [1.29, 1.82) is 0 Å². The van der Waals surface area contributed by atoms with Crippen LogP contribution in [0.4, 0.5) is 18.9 Å². The van der Waals surface area contributed by atoms with Gasteiger partial charge in [-0.3, -0.25) is 14.9 Å². The van der Waals surface area contributed by atoms with Gasteiger partial charge in [-0.1, -0.05) is 5.16 Å². The van der Waals surface area contributed by atoms with Gasteiger partial charge in [0.2, 0.25) is 11.5 Å². The zero-order valence-corrected chi connectivity index (χ0v) is 12.7. The molecular formula is C15H9F3N2O6. The summed E-state index contributed by atoms with van der Waals surface area (Å²) in [6.07, 6.45) is -3.61. The lowest BCUT2D eigenvalue weighted by Crippen LogP contribution is -2.13. The molecule has 26 heavy (non-hydrogen) atoms. The van der Waals surface area contributed by atoms with Crippen molar-refractivity contribution in [2.24, 2.45) is 0 Å². The predicted octanol–water partition coefficient (Wildman–Crippen LogP) is 3.41. The molecular weight excluding hydrogens is 361 g/mol. The van der Waals surface area contributed by atoms with Gasteiger partial charge in [-0.05, 0) is 25.0 Å². The molecule has 0 unspecified atom stereocenters. The van der Waals surface area contributed by atoms with Crippen molar-refractivity contribution in [2.45, 2.75) is 24.9 Å². The molecule has 0 atom stereocenters. The van der Waals surface area contributed by atoms with Crippen molar-refractivity contribution in [3.63, 3.8) is 0 Å². The second-order valence-electron chi connectivity index (χ2n) is 5.67. The minimum absolute atomic E-state index is 0.0263. The lowest BCUT2D eigenvalue weighted by atomic mass is 9.97. The molecule has 8 nitrogen and oxygen atoms in total. The average molecular weight is 370 g/mol. The minimum atomic E-state index is -4.84. The maximum atomic E-state index is 12.8. The maximum Gasteiger partial charge on any atom is 0.416 e. The number of hydrogen-bond acceptors (Lipinski definition) is 6. The summed E-state index contributed by atoms with van der Waals surface area (Å²) in [7, 11) is 0. The van der Waals surface area contributed by atoms with E-state index in [1.807, 2.05) is 0 Å². The third-order valence-electron chi connectivity index (χ3n) is 3.86. The molecule has 1 N–H and O–H groups in total. The molecule has 1 aliphatic carbocycles. The van der Waals surface area contributed by atoms with Gasteiger partial charge in [-0.25, -0.2) is 4.79 Å². The summed E-state index contributed by atoms with van der Waals surface area (Å²) in [5.74, 6) is -2.98. The number of alkyl halides is 3. The van der Waals surface area contributed by atoms with E-state index < -0.39 is 50.9 Å². The van der Waals surface area contributed by atoms with Gasteiger partial charge in [-0.2, -0.15) is 13.2 Å². The third-order valence-corrected chi connectivity index (χ3v) is 3.86. The SMILES string of the molecule is O=C(O)c1noc(C2CC2)c1C(=O)c1ccc(C(F)(F)F)cc1[N+](=O)[O-]. The van der Waals surface area contributed by atoms with Crippen molar-refractivity contribution in [3.05, 3.63) is 56.5 Å². The van der Waals surface area contributed by atoms with Crippen LogP contribution in [-0.4, -0.2) is 26.9 Å². The first-order chi connectivity index (χ1) is 12.1. The Morgan fingerprint density at radius 2 is 1.96 bits per heavy atom. The number of rotatable bonds is 5. The van der Waals surface area contributed by atoms with Crippen LogP contribution in [0.15, 0.2) is 22.7 Å². The van der Waals surface area contributed by atoms with E-state index in [0.717, 1.165) is 0 Å². The molecule has 1 fully saturated rings. The Morgan fingerprint density at radius 3 is 2.46 bits per heavy atom. The number of aromatic nitrogens is 1. The van der Waals surface area contributed by atoms with Crippen LogP contribution in [0, 0.1) is 10.1 Å². The number of benzene rings is 1. The van der Waals surface area contributed by atoms with E-state index in [2.05, 4.69) is 5.16 Å². The number of nitrogens with zero attached hydrogens (tertiary/aromatic N) is 2. The zero-order valence-electron chi connectivity index (χ0n) is 12.7. The first kappa shape index (κ1) is 17.6. The number of carbonyl (C=O) groups is 2. The van der Waals surface area contributed by atoms with E-state index in [9.17, 15) is 32.9 Å². The molecule has 136 valence electrons. The van der Waals surface area contributed by atoms with Crippen LogP contribution in [0.25, 0.3) is 0 Å². The van der Waals surface area contributed by atoms with Crippen molar-refractivity contribution in [1.82, 2.24) is 5.16 Å². The topological polar surface area (TPSA) is 124 Å². The number of hydrogen-bond donors (Lipinski definition) is 1. The summed E-state index contributed by atoms with van der Waals surface area (Å²) in [4.78, 5) is 34.0. The summed E-state index contributed by atoms with van der Waals surface area (Å²) in [5.41, 5.74) is -4.25. The molecule has 1 aromatic carbocycles. The first-order valence-corrected chi connectivity index (χ1v) is 7.24. The Bertz CT molecular complexity index is 930. The number of nitro benzene ring substituents is 1. The number of carbonyl (C=O) groups excluding carboxylic acids is 1. The van der Waals surface area contributed by atoms with Crippen molar-refractivity contribution >= 4 is 17.4 Å². The molecule has 0 aliphatic heterocycles. The largest absolute Gasteiger partial charge is 0.476 e. The fourth-order valence-corrected chi connectivity index (χ4v) is 2.48. The molecule has 1 aliphatic rings. The van der Waals surface area contributed by atoms with Gasteiger partial charge < -0.3 is 9.63 Å². The summed E-state index contributed by atoms with van der Waals surface area (Å²) < 4.78 is 43.2. The molecule has 2 aromatic rings. The molecule has 1 aromatic heterocycles. The monoisotopic (exact) mass is 370 g/mol. The number of carboxylic acid groups (broad SMARTS) is 1. The van der Waals surface area contributed by atoms with Crippen LogP contribution in [0.5, 0.6) is 0 Å². The second-order valence-corrected chi connectivity index (χ2v) is 5.67. The standard InChI is InChI=1S/C15H9F3N2O6/c16-15(17,18)7-3-4-8(9(5-7)20(24)25)12(21)10-11(14(22)23)19-26-13(10)6-1-2-6/h3-6H,1-2H2,(H,22,23). The summed E-state index contributed by atoms with van der Waals surface area (Å²) in [6, 6.07) is 1.40. The lowest BCUT2D eigenvalue weighted by Gasteiger charge is -2.08. The summed E-state index contributed by atoms with van der Waals surface area (Å²) >= 11 is 0. The highest BCUT2D eigenvalue weighted by molar-refractivity contribution is 6.16. The normalized spacial score (nSPS) is 14.3. The molecule has 0 spiro atoms. The van der Waals surface area contributed by atoms with E-state index in [-0.39, 0.29) is 17.7 Å². The Hall–Kier alpha value is -3.24. The Morgan fingerprint density at radius 1 is 1.31 bits per heavy atom. The Kier molecular flexibility index (Phi) is 4.01. The van der Waals surface area contributed by atoms with Crippen LogP contribution in [0.1, 0.15) is 56.5 Å². The molecule has 1 saturated carbocycles. The molecule has 0 radical (unpaired) electrons. The van der Waals surface area contributed by atoms with E-state index >= 15 is 0 Å². The number of halogens is 3. The Balaban J connectivity index is 2.16. The van der Waals surface area contributed by atoms with Crippen molar-refractivity contribution in [3.8, 4) is 0 Å². The first-order valence-electron chi connectivity index (χ1n) is 7.24. The predicted molar refractivity (Wildman–Crippen MR) is 77.0 cm³/mol. The molecule has 0 saturated heterocycles. The maximum absolute atomic E-state index is 12.8.